The lowest BCUT2D eigenvalue weighted by atomic mass is 10.1. The smallest absolute Gasteiger partial charge is 0.190 e. The molecule has 0 saturated heterocycles. The van der Waals surface area contributed by atoms with Crippen molar-refractivity contribution in [1.82, 2.24) is 5.32 Å². The van der Waals surface area contributed by atoms with Crippen LogP contribution in [0.25, 0.3) is 4.72 Å². The molecule has 1 unspecified atom stereocenters. The minimum Gasteiger partial charge on any atom is -0.544 e. The Balaban J connectivity index is 1.47. The summed E-state index contributed by atoms with van der Waals surface area (Å²) in [5.74, 6) is -1.79. The van der Waals surface area contributed by atoms with Crippen molar-refractivity contribution in [2.45, 2.75) is 35.9 Å². The van der Waals surface area contributed by atoms with Crippen molar-refractivity contribution in [3.05, 3.63) is 135 Å². The van der Waals surface area contributed by atoms with Gasteiger partial charge in [0.1, 0.15) is 28.7 Å². The molecule has 248 valence electrons. The van der Waals surface area contributed by atoms with Gasteiger partial charge in [0.25, 0.3) is 0 Å². The summed E-state index contributed by atoms with van der Waals surface area (Å²) in [6, 6.07) is 16.2. The van der Waals surface area contributed by atoms with E-state index in [1.165, 1.54) is 43.1 Å². The van der Waals surface area contributed by atoms with Crippen LogP contribution in [0.5, 0.6) is 5.75 Å². The minimum absolute atomic E-state index is 0.00463. The highest BCUT2D eigenvalue weighted by atomic mass is 35.5. The molecule has 0 bridgehead atoms. The maximum Gasteiger partial charge on any atom is 0.190 e. The largest absolute Gasteiger partial charge is 0.544 e. The first-order chi connectivity index (χ1) is 22.3. The van der Waals surface area contributed by atoms with Crippen LogP contribution in [0, 0.1) is 23.4 Å². The fraction of sp³-hybridized carbons (Fsp3) is 0.265. The summed E-state index contributed by atoms with van der Waals surface area (Å²) in [6.07, 6.45) is 6.00. The fourth-order valence-corrected chi connectivity index (χ4v) is 8.00. The number of ether oxygens (including phenoxy) is 1. The fourth-order valence-electron chi connectivity index (χ4n) is 5.15. The van der Waals surface area contributed by atoms with E-state index in [1.54, 1.807) is 24.3 Å². The monoisotopic (exact) mass is 702 g/mol. The van der Waals surface area contributed by atoms with Gasteiger partial charge in [-0.05, 0) is 66.9 Å². The van der Waals surface area contributed by atoms with E-state index < -0.39 is 32.5 Å². The molecule has 2 heterocycles. The van der Waals surface area contributed by atoms with Gasteiger partial charge in [0.2, 0.25) is 0 Å². The first-order valence-electron chi connectivity index (χ1n) is 14.7. The van der Waals surface area contributed by atoms with E-state index >= 15 is 4.39 Å². The number of nitrogens with zero attached hydrogens (tertiary/aromatic N) is 3. The van der Waals surface area contributed by atoms with Crippen molar-refractivity contribution < 1.29 is 30.9 Å². The highest BCUT2D eigenvalue weighted by Gasteiger charge is 2.45. The molecular weight excluding hydrogens is 669 g/mol. The summed E-state index contributed by atoms with van der Waals surface area (Å²) in [5, 5.41) is 3.45. The lowest BCUT2D eigenvalue weighted by molar-refractivity contribution is -0.671. The topological polar surface area (TPSA) is 76.6 Å². The third-order valence-corrected chi connectivity index (χ3v) is 10.8. The SMILES string of the molecule is COc1cc(C2(SCc3c(F)cc(S(=O)(=O)[N-]CCc4ccc[n+](C)c4)cc3Cl)NC(C(C)C)=CN2c2ccc(F)cc2)ccc1F. The van der Waals surface area contributed by atoms with Crippen LogP contribution in [0.4, 0.5) is 18.9 Å². The third kappa shape index (κ3) is 7.56. The second-order valence-corrected chi connectivity index (χ2v) is 14.6. The number of aromatic nitrogens is 1. The van der Waals surface area contributed by atoms with Crippen molar-refractivity contribution in [1.29, 1.82) is 0 Å². The first kappa shape index (κ1) is 34.6. The number of thioether (sulfide) groups is 1. The Morgan fingerprint density at radius 1 is 1.06 bits per heavy atom. The van der Waals surface area contributed by atoms with E-state index in [9.17, 15) is 17.2 Å². The summed E-state index contributed by atoms with van der Waals surface area (Å²) >= 11 is 7.80. The summed E-state index contributed by atoms with van der Waals surface area (Å²) in [6.45, 7) is 3.98. The van der Waals surface area contributed by atoms with E-state index in [0.29, 0.717) is 17.7 Å². The second-order valence-electron chi connectivity index (χ2n) is 11.3. The lowest BCUT2D eigenvalue weighted by Crippen LogP contribution is -2.47. The van der Waals surface area contributed by atoms with Gasteiger partial charge in [-0.3, -0.25) is 0 Å². The van der Waals surface area contributed by atoms with Gasteiger partial charge in [-0.25, -0.2) is 26.2 Å². The third-order valence-electron chi connectivity index (χ3n) is 7.69. The molecule has 1 N–H and O–H groups in total. The number of anilines is 1. The molecule has 1 aliphatic rings. The molecule has 5 rings (SSSR count). The van der Waals surface area contributed by atoms with Gasteiger partial charge in [-0.15, -0.1) is 18.3 Å². The zero-order valence-corrected chi connectivity index (χ0v) is 28.6. The Morgan fingerprint density at radius 3 is 2.47 bits per heavy atom. The maximum absolute atomic E-state index is 15.8. The Morgan fingerprint density at radius 2 is 1.81 bits per heavy atom. The predicted molar refractivity (Wildman–Crippen MR) is 179 cm³/mol. The summed E-state index contributed by atoms with van der Waals surface area (Å²) in [4.78, 5) is 0.332. The van der Waals surface area contributed by atoms with E-state index in [2.05, 4.69) is 10.0 Å². The Bertz CT molecular complexity index is 1890. The van der Waals surface area contributed by atoms with E-state index in [4.69, 9.17) is 16.3 Å². The molecular formula is C34H34ClF3N4O3S2. The first-order valence-corrected chi connectivity index (χ1v) is 17.5. The van der Waals surface area contributed by atoms with Crippen LogP contribution in [-0.4, -0.2) is 22.1 Å². The quantitative estimate of drug-likeness (QED) is 0.154. The van der Waals surface area contributed by atoms with Crippen LogP contribution >= 0.6 is 23.4 Å². The summed E-state index contributed by atoms with van der Waals surface area (Å²) in [7, 11) is -0.963. The molecule has 3 aromatic carbocycles. The van der Waals surface area contributed by atoms with E-state index in [1.807, 2.05) is 61.1 Å². The number of sulfonamides is 1. The molecule has 1 aliphatic heterocycles. The number of halogens is 4. The Labute approximate surface area is 282 Å². The number of hydrogen-bond acceptors (Lipinski definition) is 6. The molecule has 4 aromatic rings. The second kappa shape index (κ2) is 14.2. The average Bonchev–Trinajstić information content (AvgIpc) is 3.42. The normalized spacial score (nSPS) is 16.4. The van der Waals surface area contributed by atoms with Gasteiger partial charge in [-0.2, -0.15) is 0 Å². The molecule has 0 saturated carbocycles. The van der Waals surface area contributed by atoms with Gasteiger partial charge < -0.3 is 19.7 Å². The van der Waals surface area contributed by atoms with Crippen LogP contribution < -0.4 is 19.5 Å². The standard InChI is InChI=1S/C34H34ClF3N4O3S2/c1-22(2)32-20-42(26-10-8-25(36)9-11-26)34(40-32,24-7-12-30(37)33(16-24)45-4)46-21-28-29(35)17-27(18-31(28)38)47(43,44)39-14-13-23-6-5-15-41(3)19-23/h5-12,15-20,22,40H,13-14,21H2,1-4H3. The average molecular weight is 703 g/mol. The molecule has 47 heavy (non-hydrogen) atoms. The number of pyridine rings is 1. The molecule has 0 fully saturated rings. The zero-order chi connectivity index (χ0) is 33.9. The van der Waals surface area contributed by atoms with Gasteiger partial charge in [0.15, 0.2) is 29.0 Å². The van der Waals surface area contributed by atoms with Gasteiger partial charge >= 0.3 is 0 Å². The van der Waals surface area contributed by atoms with Crippen molar-refractivity contribution in [2.24, 2.45) is 13.0 Å². The van der Waals surface area contributed by atoms with Crippen LogP contribution in [0.2, 0.25) is 5.02 Å². The van der Waals surface area contributed by atoms with Gasteiger partial charge in [0.05, 0.1) is 12.0 Å². The van der Waals surface area contributed by atoms with Gasteiger partial charge in [-0.1, -0.05) is 31.5 Å². The van der Waals surface area contributed by atoms with Crippen molar-refractivity contribution in [3.8, 4) is 5.75 Å². The Kier molecular flexibility index (Phi) is 10.4. The molecule has 0 amide bonds. The highest BCUT2D eigenvalue weighted by Crippen LogP contribution is 2.48. The van der Waals surface area contributed by atoms with Gasteiger partial charge in [0, 0.05) is 51.1 Å². The number of methoxy groups -OCH3 is 1. The van der Waals surface area contributed by atoms with Crippen molar-refractivity contribution in [2.75, 3.05) is 18.6 Å². The van der Waals surface area contributed by atoms with Crippen LogP contribution in [0.3, 0.4) is 0 Å². The molecule has 1 aromatic heterocycles. The maximum atomic E-state index is 15.8. The van der Waals surface area contributed by atoms with Crippen molar-refractivity contribution in [3.63, 3.8) is 0 Å². The highest BCUT2D eigenvalue weighted by molar-refractivity contribution is 7.99. The van der Waals surface area contributed by atoms with E-state index in [-0.39, 0.29) is 39.4 Å². The lowest BCUT2D eigenvalue weighted by Gasteiger charge is -2.40. The number of benzene rings is 3. The number of nitrogens with one attached hydrogen (secondary N) is 1. The molecule has 7 nitrogen and oxygen atoms in total. The Hall–Kier alpha value is -3.71. The molecule has 0 radical (unpaired) electrons. The van der Waals surface area contributed by atoms with E-state index in [0.717, 1.165) is 17.3 Å². The summed E-state index contributed by atoms with van der Waals surface area (Å²) in [5.41, 5.74) is 2.98. The number of aryl methyl sites for hydroxylation is 1. The molecule has 0 aliphatic carbocycles. The van der Waals surface area contributed by atoms with Crippen LogP contribution in [-0.2, 0) is 34.2 Å². The number of rotatable bonds is 12. The van der Waals surface area contributed by atoms with Crippen molar-refractivity contribution >= 4 is 39.1 Å². The minimum atomic E-state index is -4.19. The van der Waals surface area contributed by atoms with Crippen LogP contribution in [0.15, 0.2) is 95.9 Å². The number of hydrogen-bond donors (Lipinski definition) is 1. The molecule has 0 spiro atoms. The number of allylic oxidation sites excluding steroid dienone is 1. The summed E-state index contributed by atoms with van der Waals surface area (Å²) < 4.78 is 81.3. The predicted octanol–water partition coefficient (Wildman–Crippen LogP) is 7.55. The molecule has 1 atom stereocenters. The zero-order valence-electron chi connectivity index (χ0n) is 26.2. The van der Waals surface area contributed by atoms with Crippen LogP contribution in [0.1, 0.15) is 30.5 Å². The molecule has 13 heteroatoms.